The van der Waals surface area contributed by atoms with E-state index in [9.17, 15) is 14.0 Å². The summed E-state index contributed by atoms with van der Waals surface area (Å²) in [6.45, 7) is 1.79. The normalized spacial score (nSPS) is 14.5. The van der Waals surface area contributed by atoms with Gasteiger partial charge in [-0.2, -0.15) is 0 Å². The van der Waals surface area contributed by atoms with Crippen LogP contribution in [-0.4, -0.2) is 15.9 Å². The second-order valence-corrected chi connectivity index (χ2v) is 7.28. The van der Waals surface area contributed by atoms with Gasteiger partial charge in [-0.15, -0.1) is 11.3 Å². The van der Waals surface area contributed by atoms with Crippen LogP contribution in [-0.2, 0) is 12.8 Å². The van der Waals surface area contributed by atoms with Crippen molar-refractivity contribution in [1.29, 1.82) is 0 Å². The molecule has 1 atom stereocenters. The summed E-state index contributed by atoms with van der Waals surface area (Å²) in [6, 6.07) is 5.59. The van der Waals surface area contributed by atoms with Crippen LogP contribution in [0.4, 0.5) is 4.39 Å². The molecular formula is C18H16FN3O2S. The summed E-state index contributed by atoms with van der Waals surface area (Å²) >= 11 is 1.50. The summed E-state index contributed by atoms with van der Waals surface area (Å²) in [7, 11) is 0. The van der Waals surface area contributed by atoms with Crippen LogP contribution in [0.2, 0.25) is 0 Å². The zero-order chi connectivity index (χ0) is 17.6. The number of aromatic amines is 1. The van der Waals surface area contributed by atoms with Gasteiger partial charge in [-0.25, -0.2) is 9.37 Å². The van der Waals surface area contributed by atoms with Crippen LogP contribution in [0.1, 0.15) is 46.0 Å². The minimum absolute atomic E-state index is 0.00591. The Kier molecular flexibility index (Phi) is 3.88. The summed E-state index contributed by atoms with van der Waals surface area (Å²) in [6.07, 6.45) is 2.93. The van der Waals surface area contributed by atoms with E-state index >= 15 is 0 Å². The lowest BCUT2D eigenvalue weighted by molar-refractivity contribution is 0.0929. The number of nitrogens with one attached hydrogen (secondary N) is 2. The van der Waals surface area contributed by atoms with E-state index in [0.29, 0.717) is 10.2 Å². The number of fused-ring (bicyclic) bond motifs is 3. The van der Waals surface area contributed by atoms with E-state index in [1.54, 1.807) is 19.1 Å². The number of amides is 1. The Labute approximate surface area is 146 Å². The number of halogens is 1. The van der Waals surface area contributed by atoms with Crippen LogP contribution in [0, 0.1) is 5.82 Å². The van der Waals surface area contributed by atoms with E-state index < -0.39 is 5.91 Å². The van der Waals surface area contributed by atoms with Crippen LogP contribution in [0.3, 0.4) is 0 Å². The molecule has 0 unspecified atom stereocenters. The van der Waals surface area contributed by atoms with Crippen LogP contribution in [0.25, 0.3) is 10.2 Å². The Bertz CT molecular complexity index is 1020. The molecule has 128 valence electrons. The van der Waals surface area contributed by atoms with Gasteiger partial charge in [0.15, 0.2) is 0 Å². The quantitative estimate of drug-likeness (QED) is 0.756. The molecular weight excluding hydrogens is 341 g/mol. The van der Waals surface area contributed by atoms with Crippen LogP contribution in [0.5, 0.6) is 0 Å². The number of carbonyl (C=O) groups is 1. The molecule has 0 saturated carbocycles. The summed E-state index contributed by atoms with van der Waals surface area (Å²) < 4.78 is 13.0. The lowest BCUT2D eigenvalue weighted by atomic mass is 10.1. The van der Waals surface area contributed by atoms with Crippen LogP contribution in [0.15, 0.2) is 29.1 Å². The van der Waals surface area contributed by atoms with Crippen molar-refractivity contribution in [2.45, 2.75) is 32.2 Å². The molecule has 0 fully saturated rings. The third-order valence-corrected chi connectivity index (χ3v) is 5.69. The molecule has 0 saturated heterocycles. The molecule has 0 bridgehead atoms. The molecule has 2 heterocycles. The Morgan fingerprint density at radius 2 is 2.08 bits per heavy atom. The van der Waals surface area contributed by atoms with Crippen LogP contribution >= 0.6 is 11.3 Å². The fourth-order valence-electron chi connectivity index (χ4n) is 3.21. The number of H-pyrrole nitrogens is 1. The predicted octanol–water partition coefficient (Wildman–Crippen LogP) is 3.10. The highest BCUT2D eigenvalue weighted by atomic mass is 32.1. The van der Waals surface area contributed by atoms with Gasteiger partial charge in [-0.1, -0.05) is 12.1 Å². The average Bonchev–Trinajstić information content (AvgIpc) is 3.15. The molecule has 2 N–H and O–H groups in total. The van der Waals surface area contributed by atoms with Crippen LogP contribution < -0.4 is 10.9 Å². The van der Waals surface area contributed by atoms with Gasteiger partial charge in [0, 0.05) is 4.88 Å². The topological polar surface area (TPSA) is 74.8 Å². The largest absolute Gasteiger partial charge is 0.343 e. The van der Waals surface area contributed by atoms with Crippen molar-refractivity contribution < 1.29 is 9.18 Å². The zero-order valence-corrected chi connectivity index (χ0v) is 14.4. The third kappa shape index (κ3) is 2.84. The van der Waals surface area contributed by atoms with Crippen molar-refractivity contribution in [3.8, 4) is 0 Å². The number of rotatable bonds is 3. The Balaban J connectivity index is 1.62. The Hall–Kier alpha value is -2.54. The number of carbonyl (C=O) groups excluding carboxylic acids is 1. The molecule has 1 amide bonds. The van der Waals surface area contributed by atoms with Gasteiger partial charge in [0.25, 0.3) is 11.5 Å². The van der Waals surface area contributed by atoms with E-state index in [0.717, 1.165) is 30.4 Å². The van der Waals surface area contributed by atoms with E-state index in [1.807, 2.05) is 0 Å². The number of aryl methyl sites for hydroxylation is 2. The van der Waals surface area contributed by atoms with Crippen molar-refractivity contribution in [2.24, 2.45) is 0 Å². The summed E-state index contributed by atoms with van der Waals surface area (Å²) in [5, 5.41) is 3.41. The zero-order valence-electron chi connectivity index (χ0n) is 13.6. The highest BCUT2D eigenvalue weighted by Gasteiger charge is 2.22. The second-order valence-electron chi connectivity index (χ2n) is 6.20. The maximum atomic E-state index is 13.0. The smallest absolute Gasteiger partial charge is 0.287 e. The molecule has 5 nitrogen and oxygen atoms in total. The highest BCUT2D eigenvalue weighted by molar-refractivity contribution is 7.18. The van der Waals surface area contributed by atoms with Gasteiger partial charge in [-0.05, 0) is 49.4 Å². The summed E-state index contributed by atoms with van der Waals surface area (Å²) in [4.78, 5) is 33.6. The minimum atomic E-state index is -0.454. The highest BCUT2D eigenvalue weighted by Crippen LogP contribution is 2.34. The monoisotopic (exact) mass is 357 g/mol. The number of nitrogens with zero attached hydrogens (tertiary/aromatic N) is 1. The van der Waals surface area contributed by atoms with Gasteiger partial charge in [0.2, 0.25) is 5.82 Å². The molecule has 0 aliphatic heterocycles. The molecule has 1 aromatic carbocycles. The van der Waals surface area contributed by atoms with Crippen molar-refractivity contribution in [2.75, 3.05) is 0 Å². The first-order valence-electron chi connectivity index (χ1n) is 8.14. The van der Waals surface area contributed by atoms with Gasteiger partial charge >= 0.3 is 0 Å². The molecule has 7 heteroatoms. The van der Waals surface area contributed by atoms with Crippen molar-refractivity contribution in [3.05, 3.63) is 62.3 Å². The number of aromatic nitrogens is 2. The number of hydrogen-bond donors (Lipinski definition) is 2. The molecule has 0 radical (unpaired) electrons. The molecule has 1 aliphatic carbocycles. The summed E-state index contributed by atoms with van der Waals surface area (Å²) in [5.41, 5.74) is 1.60. The van der Waals surface area contributed by atoms with E-state index in [4.69, 9.17) is 0 Å². The van der Waals surface area contributed by atoms with Gasteiger partial charge in [0.1, 0.15) is 10.6 Å². The number of thiophene rings is 1. The standard InChI is InChI=1S/C18H16FN3O2S/c1-9(10-5-7-11(19)8-6-10)20-17(24)15-21-16(23)14-12-3-2-4-13(12)25-18(14)22-15/h5-9H,2-4H2,1H3,(H,20,24)(H,21,22,23)/t9-/m1/s1. The predicted molar refractivity (Wildman–Crippen MR) is 94.5 cm³/mol. The Morgan fingerprint density at radius 1 is 1.32 bits per heavy atom. The minimum Gasteiger partial charge on any atom is -0.343 e. The van der Waals surface area contributed by atoms with Crippen molar-refractivity contribution in [1.82, 2.24) is 15.3 Å². The SMILES string of the molecule is C[C@@H](NC(=O)c1nc2sc3c(c2c(=O)[nH]1)CCC3)c1ccc(F)cc1. The van der Waals surface area contributed by atoms with E-state index in [2.05, 4.69) is 15.3 Å². The first-order chi connectivity index (χ1) is 12.0. The maximum absolute atomic E-state index is 13.0. The average molecular weight is 357 g/mol. The third-order valence-electron chi connectivity index (χ3n) is 4.51. The first-order valence-corrected chi connectivity index (χ1v) is 8.95. The second kappa shape index (κ2) is 6.07. The van der Waals surface area contributed by atoms with Gasteiger partial charge in [-0.3, -0.25) is 9.59 Å². The van der Waals surface area contributed by atoms with Crippen molar-refractivity contribution in [3.63, 3.8) is 0 Å². The van der Waals surface area contributed by atoms with E-state index in [1.165, 1.54) is 28.3 Å². The molecule has 1 aliphatic rings. The first kappa shape index (κ1) is 16.0. The lowest BCUT2D eigenvalue weighted by Gasteiger charge is -2.13. The molecule has 3 aromatic rings. The molecule has 0 spiro atoms. The molecule has 25 heavy (non-hydrogen) atoms. The van der Waals surface area contributed by atoms with E-state index in [-0.39, 0.29) is 23.2 Å². The van der Waals surface area contributed by atoms with Gasteiger partial charge < -0.3 is 10.3 Å². The summed E-state index contributed by atoms with van der Waals surface area (Å²) in [5.74, 6) is -0.778. The molecule has 4 rings (SSSR count). The molecule has 2 aromatic heterocycles. The number of benzene rings is 1. The fraction of sp³-hybridized carbons (Fsp3) is 0.278. The number of hydrogen-bond acceptors (Lipinski definition) is 4. The lowest BCUT2D eigenvalue weighted by Crippen LogP contribution is -2.30. The Morgan fingerprint density at radius 3 is 2.84 bits per heavy atom. The van der Waals surface area contributed by atoms with Crippen molar-refractivity contribution >= 4 is 27.5 Å². The van der Waals surface area contributed by atoms with Gasteiger partial charge in [0.05, 0.1) is 11.4 Å². The maximum Gasteiger partial charge on any atom is 0.287 e. The fourth-order valence-corrected chi connectivity index (χ4v) is 4.47.